The highest BCUT2D eigenvalue weighted by molar-refractivity contribution is 8.93. The zero-order valence-electron chi connectivity index (χ0n) is 9.53. The first-order valence-electron chi connectivity index (χ1n) is 5.33. The van der Waals surface area contributed by atoms with Gasteiger partial charge in [0, 0.05) is 19.5 Å². The molecular formula is C12H20BrNO. The first kappa shape index (κ1) is 14.6. The Kier molecular flexibility index (Phi) is 7.61. The molecule has 15 heavy (non-hydrogen) atoms. The molecule has 0 spiro atoms. The molecule has 1 aliphatic heterocycles. The van der Waals surface area contributed by atoms with Crippen molar-refractivity contribution in [3.05, 3.63) is 23.8 Å². The number of nitrogens with zero attached hydrogens (tertiary/aromatic N) is 1. The van der Waals surface area contributed by atoms with Crippen molar-refractivity contribution in [2.24, 2.45) is 0 Å². The number of halogens is 1. The fraction of sp³-hybridized carbons (Fsp3) is 0.583. The van der Waals surface area contributed by atoms with Crippen LogP contribution in [0.4, 0.5) is 0 Å². The summed E-state index contributed by atoms with van der Waals surface area (Å²) in [5.41, 5.74) is 1.02. The quantitative estimate of drug-likeness (QED) is 0.735. The lowest BCUT2D eigenvalue weighted by Crippen LogP contribution is -2.29. The number of hydrogen-bond donors (Lipinski definition) is 0. The van der Waals surface area contributed by atoms with Crippen molar-refractivity contribution in [3.8, 4) is 0 Å². The minimum Gasteiger partial charge on any atom is -0.300 e. The summed E-state index contributed by atoms with van der Waals surface area (Å²) in [5, 5.41) is 0. The molecule has 0 unspecified atom stereocenters. The van der Waals surface area contributed by atoms with Crippen molar-refractivity contribution in [1.29, 1.82) is 0 Å². The zero-order valence-corrected chi connectivity index (χ0v) is 11.2. The van der Waals surface area contributed by atoms with E-state index in [9.17, 15) is 4.79 Å². The summed E-state index contributed by atoms with van der Waals surface area (Å²) in [6, 6.07) is 0. The predicted octanol–water partition coefficient (Wildman–Crippen LogP) is 2.75. The second-order valence-corrected chi connectivity index (χ2v) is 3.57. The van der Waals surface area contributed by atoms with Crippen LogP contribution in [0.15, 0.2) is 23.8 Å². The molecule has 86 valence electrons. The Balaban J connectivity index is 0.00000196. The van der Waals surface area contributed by atoms with E-state index < -0.39 is 0 Å². The average molecular weight is 274 g/mol. The highest BCUT2D eigenvalue weighted by atomic mass is 79.9. The van der Waals surface area contributed by atoms with E-state index in [2.05, 4.69) is 17.9 Å². The number of hydrogen-bond acceptors (Lipinski definition) is 2. The first-order chi connectivity index (χ1) is 6.77. The Morgan fingerprint density at radius 1 is 1.60 bits per heavy atom. The molecule has 0 aliphatic carbocycles. The number of likely N-dealkylation sites (N-methyl/N-ethyl adjacent to an activating group) is 1. The van der Waals surface area contributed by atoms with Crippen LogP contribution in [0.5, 0.6) is 0 Å². The minimum atomic E-state index is 0. The van der Waals surface area contributed by atoms with E-state index in [1.807, 2.05) is 19.1 Å². The molecule has 0 saturated heterocycles. The van der Waals surface area contributed by atoms with Crippen molar-refractivity contribution < 1.29 is 4.79 Å². The topological polar surface area (TPSA) is 20.3 Å². The van der Waals surface area contributed by atoms with Crippen LogP contribution in [0.2, 0.25) is 0 Å². The minimum absolute atomic E-state index is 0. The van der Waals surface area contributed by atoms with Gasteiger partial charge in [-0.3, -0.25) is 9.69 Å². The van der Waals surface area contributed by atoms with Gasteiger partial charge in [-0.05, 0) is 25.5 Å². The van der Waals surface area contributed by atoms with E-state index >= 15 is 0 Å². The van der Waals surface area contributed by atoms with Crippen molar-refractivity contribution in [2.75, 3.05) is 19.6 Å². The highest BCUT2D eigenvalue weighted by Gasteiger charge is 2.14. The summed E-state index contributed by atoms with van der Waals surface area (Å²) < 4.78 is 0. The van der Waals surface area contributed by atoms with Gasteiger partial charge in [-0.2, -0.15) is 0 Å². The Bertz CT molecular complexity index is 258. The van der Waals surface area contributed by atoms with E-state index in [0.29, 0.717) is 12.2 Å². The van der Waals surface area contributed by atoms with Crippen LogP contribution in [0.1, 0.15) is 26.7 Å². The molecule has 0 aromatic rings. The molecule has 1 heterocycles. The second-order valence-electron chi connectivity index (χ2n) is 3.57. The van der Waals surface area contributed by atoms with Gasteiger partial charge in [-0.15, -0.1) is 17.0 Å². The fourth-order valence-electron chi connectivity index (χ4n) is 1.61. The second kappa shape index (κ2) is 7.83. The molecule has 0 amide bonds. The standard InChI is InChI=1S/C12H19NO.BrH/c1-3-5-6-12(14)11-7-9-13(4-2)10-8-11;/h3,5,7H,4,6,8-10H2,1-2H3;1H/b5-3-;. The maximum absolute atomic E-state index is 11.6. The van der Waals surface area contributed by atoms with E-state index in [4.69, 9.17) is 0 Å². The highest BCUT2D eigenvalue weighted by Crippen LogP contribution is 2.13. The molecular weight excluding hydrogens is 254 g/mol. The molecule has 0 aromatic heterocycles. The molecule has 1 rings (SSSR count). The predicted molar refractivity (Wildman–Crippen MR) is 69.6 cm³/mol. The third-order valence-electron chi connectivity index (χ3n) is 2.64. The van der Waals surface area contributed by atoms with Gasteiger partial charge in [0.25, 0.3) is 0 Å². The summed E-state index contributed by atoms with van der Waals surface area (Å²) >= 11 is 0. The maximum atomic E-state index is 11.6. The van der Waals surface area contributed by atoms with Gasteiger partial charge in [-0.25, -0.2) is 0 Å². The Morgan fingerprint density at radius 2 is 2.33 bits per heavy atom. The summed E-state index contributed by atoms with van der Waals surface area (Å²) in [7, 11) is 0. The van der Waals surface area contributed by atoms with Crippen LogP contribution in [-0.4, -0.2) is 30.3 Å². The molecule has 0 aromatic carbocycles. The SMILES string of the molecule is Br.C/C=C\CC(=O)C1=CCN(CC)CC1. The average Bonchev–Trinajstić information content (AvgIpc) is 2.26. The van der Waals surface area contributed by atoms with Crippen LogP contribution in [-0.2, 0) is 4.79 Å². The monoisotopic (exact) mass is 273 g/mol. The van der Waals surface area contributed by atoms with Crippen molar-refractivity contribution in [1.82, 2.24) is 4.90 Å². The van der Waals surface area contributed by atoms with Gasteiger partial charge in [-0.1, -0.05) is 25.2 Å². The van der Waals surface area contributed by atoms with Gasteiger partial charge in [0.05, 0.1) is 0 Å². The summed E-state index contributed by atoms with van der Waals surface area (Å²) in [4.78, 5) is 14.0. The van der Waals surface area contributed by atoms with Gasteiger partial charge >= 0.3 is 0 Å². The smallest absolute Gasteiger partial charge is 0.162 e. The fourth-order valence-corrected chi connectivity index (χ4v) is 1.61. The Hall–Kier alpha value is -0.410. The molecule has 2 nitrogen and oxygen atoms in total. The van der Waals surface area contributed by atoms with E-state index in [1.54, 1.807) is 0 Å². The largest absolute Gasteiger partial charge is 0.300 e. The molecule has 0 fully saturated rings. The van der Waals surface area contributed by atoms with Crippen molar-refractivity contribution in [2.45, 2.75) is 26.7 Å². The van der Waals surface area contributed by atoms with Crippen LogP contribution in [0, 0.1) is 0 Å². The number of carbonyl (C=O) groups excluding carboxylic acids is 1. The molecule has 0 saturated carbocycles. The van der Waals surface area contributed by atoms with Gasteiger partial charge in [0.2, 0.25) is 0 Å². The van der Waals surface area contributed by atoms with Crippen LogP contribution >= 0.6 is 17.0 Å². The van der Waals surface area contributed by atoms with Crippen molar-refractivity contribution >= 4 is 22.8 Å². The molecule has 0 N–H and O–H groups in total. The van der Waals surface area contributed by atoms with Crippen LogP contribution in [0.3, 0.4) is 0 Å². The summed E-state index contributed by atoms with van der Waals surface area (Å²) in [6.45, 7) is 7.14. The third kappa shape index (κ3) is 4.76. The van der Waals surface area contributed by atoms with Crippen molar-refractivity contribution in [3.63, 3.8) is 0 Å². The number of carbonyl (C=O) groups is 1. The molecule has 0 atom stereocenters. The summed E-state index contributed by atoms with van der Waals surface area (Å²) in [6.07, 6.45) is 7.42. The van der Waals surface area contributed by atoms with Crippen LogP contribution < -0.4 is 0 Å². The van der Waals surface area contributed by atoms with E-state index in [0.717, 1.165) is 31.6 Å². The van der Waals surface area contributed by atoms with E-state index in [1.165, 1.54) is 0 Å². The van der Waals surface area contributed by atoms with E-state index in [-0.39, 0.29) is 17.0 Å². The van der Waals surface area contributed by atoms with Gasteiger partial charge in [0.15, 0.2) is 5.78 Å². The molecule has 1 aliphatic rings. The Labute approximate surface area is 103 Å². The van der Waals surface area contributed by atoms with Crippen LogP contribution in [0.25, 0.3) is 0 Å². The molecule has 0 radical (unpaired) electrons. The number of Topliss-reactive ketones (excluding diaryl/α,β-unsaturated/α-hetero) is 1. The normalized spacial score (nSPS) is 17.3. The molecule has 0 bridgehead atoms. The zero-order chi connectivity index (χ0) is 10.4. The lowest BCUT2D eigenvalue weighted by Gasteiger charge is -2.23. The number of ketones is 1. The first-order valence-corrected chi connectivity index (χ1v) is 5.33. The van der Waals surface area contributed by atoms with Gasteiger partial charge < -0.3 is 0 Å². The summed E-state index contributed by atoms with van der Waals surface area (Å²) in [5.74, 6) is 0.291. The number of allylic oxidation sites excluding steroid dienone is 2. The maximum Gasteiger partial charge on any atom is 0.162 e. The lowest BCUT2D eigenvalue weighted by molar-refractivity contribution is -0.115. The molecule has 3 heteroatoms. The van der Waals surface area contributed by atoms with Gasteiger partial charge in [0.1, 0.15) is 0 Å². The number of rotatable bonds is 4. The lowest BCUT2D eigenvalue weighted by atomic mass is 10.0. The third-order valence-corrected chi connectivity index (χ3v) is 2.64. The Morgan fingerprint density at radius 3 is 2.80 bits per heavy atom.